The zero-order valence-electron chi connectivity index (χ0n) is 34.0. The summed E-state index contributed by atoms with van der Waals surface area (Å²) in [5, 5.41) is 11.5. The van der Waals surface area contributed by atoms with Crippen LogP contribution in [0.15, 0.2) is 65.2 Å². The van der Waals surface area contributed by atoms with E-state index in [1.807, 2.05) is 41.8 Å². The minimum Gasteiger partial charge on any atom is -0.490 e. The van der Waals surface area contributed by atoms with E-state index in [0.717, 1.165) is 68.1 Å². The van der Waals surface area contributed by atoms with Gasteiger partial charge in [0.15, 0.2) is 0 Å². The molecule has 316 valence electrons. The highest BCUT2D eigenvalue weighted by molar-refractivity contribution is 7.93. The van der Waals surface area contributed by atoms with Gasteiger partial charge in [-0.15, -0.1) is 4.36 Å². The number of allylic oxidation sites excluding steroid dienone is 1. The number of aliphatic hydroxyl groups excluding tert-OH is 1. The zero-order chi connectivity index (χ0) is 40.9. The Bertz CT molecular complexity index is 2250. The van der Waals surface area contributed by atoms with Crippen molar-refractivity contribution in [2.45, 2.75) is 88.4 Å². The fourth-order valence-corrected chi connectivity index (χ4v) is 12.1. The lowest BCUT2D eigenvalue weighted by Gasteiger charge is -2.45. The van der Waals surface area contributed by atoms with E-state index in [2.05, 4.69) is 31.0 Å². The quantitative estimate of drug-likeness (QED) is 0.296. The third-order valence-electron chi connectivity index (χ3n) is 13.9. The molecule has 8 atom stereocenters. The van der Waals surface area contributed by atoms with Crippen molar-refractivity contribution in [3.05, 3.63) is 93.8 Å². The highest BCUT2D eigenvalue weighted by Gasteiger charge is 2.44. The molecule has 9 rings (SSSR count). The summed E-state index contributed by atoms with van der Waals surface area (Å²) >= 11 is 6.48. The number of nitrogens with one attached hydrogen (secondary N) is 1. The lowest BCUT2D eigenvalue weighted by Crippen LogP contribution is -2.49. The van der Waals surface area contributed by atoms with Gasteiger partial charge in [-0.2, -0.15) is 0 Å². The summed E-state index contributed by atoms with van der Waals surface area (Å²) in [6.45, 7) is 10.4. The largest absolute Gasteiger partial charge is 0.490 e. The number of hydrogen-bond donors (Lipinski definition) is 2. The highest BCUT2D eigenvalue weighted by Crippen LogP contribution is 2.47. The number of hydrogen-bond acceptors (Lipinski definition) is 9. The van der Waals surface area contributed by atoms with Crippen LogP contribution in [0.3, 0.4) is 0 Å². The van der Waals surface area contributed by atoms with Gasteiger partial charge in [0.1, 0.15) is 15.7 Å². The Balaban J connectivity index is 1.04. The predicted molar refractivity (Wildman–Crippen MR) is 227 cm³/mol. The maximum atomic E-state index is 15.1. The number of rotatable bonds is 4. The number of carbonyl (C=O) groups is 2. The number of fused-ring (bicyclic) bond motifs is 5. The van der Waals surface area contributed by atoms with E-state index in [9.17, 15) is 14.7 Å². The topological polar surface area (TPSA) is 135 Å². The minimum atomic E-state index is -3.68. The molecular weight excluding hydrogens is 790 g/mol. The lowest BCUT2D eigenvalue weighted by molar-refractivity contribution is -0.0376. The number of nitrogens with zero attached hydrogens (tertiary/aromatic N) is 4. The monoisotopic (exact) mass is 845 g/mol. The molecular formula is C45H56ClN5O7S. The first-order valence-corrected chi connectivity index (χ1v) is 23.3. The second-order valence-corrected chi connectivity index (χ2v) is 20.4. The lowest BCUT2D eigenvalue weighted by atomic mass is 9.68. The van der Waals surface area contributed by atoms with Crippen LogP contribution in [0.1, 0.15) is 83.5 Å². The molecule has 1 saturated carbocycles. The van der Waals surface area contributed by atoms with E-state index in [1.54, 1.807) is 25.3 Å². The van der Waals surface area contributed by atoms with Crippen LogP contribution in [0.5, 0.6) is 5.75 Å². The highest BCUT2D eigenvalue weighted by atomic mass is 35.5. The Morgan fingerprint density at radius 2 is 1.95 bits per heavy atom. The first-order valence-electron chi connectivity index (χ1n) is 21.4. The van der Waals surface area contributed by atoms with Gasteiger partial charge in [0.2, 0.25) is 0 Å². The summed E-state index contributed by atoms with van der Waals surface area (Å²) in [5.41, 5.74) is 4.42. The standard InChI is InChI=1S/C45H56ClN5O7S/c1-29-5-3-7-41(52)38-11-8-33(38)22-51-27-45(14-4-6-31-19-35(46)10-12-39(31)45)28-58-42-13-9-32(21-40(42)51)43(53)47-59(55,30(29)2)48-44(54)34-20-36-26-57-37(25-50(36)23-34)24-49-15-17-56-18-16-49/h3,7,9-10,12-13,19-21,23,29-30,33,37-38,41,52H,4-6,8,11,14-18,22,24-28H2,1-2H3,(H,47,48,53,54,55)/b7-3+/t29-,30+,33-,37-,38+,41-,45-,59?/m0/s1. The van der Waals surface area contributed by atoms with Gasteiger partial charge >= 0.3 is 0 Å². The summed E-state index contributed by atoms with van der Waals surface area (Å²) < 4.78 is 42.7. The van der Waals surface area contributed by atoms with Gasteiger partial charge in [-0.1, -0.05) is 36.7 Å². The summed E-state index contributed by atoms with van der Waals surface area (Å²) in [7, 11) is -3.68. The number of aromatic nitrogens is 1. The van der Waals surface area contributed by atoms with Crippen LogP contribution < -0.4 is 14.4 Å². The molecule has 2 fully saturated rings. The number of benzene rings is 2. The molecule has 5 heterocycles. The molecule has 2 aliphatic carbocycles. The molecule has 12 nitrogen and oxygen atoms in total. The van der Waals surface area contributed by atoms with Crippen LogP contribution in [-0.4, -0.2) is 101 Å². The average molecular weight is 846 g/mol. The Kier molecular flexibility index (Phi) is 11.5. The van der Waals surface area contributed by atoms with Crippen molar-refractivity contribution in [2.75, 3.05) is 57.4 Å². The van der Waals surface area contributed by atoms with Crippen molar-refractivity contribution >= 4 is 39.0 Å². The number of ether oxygens (including phenoxy) is 3. The van der Waals surface area contributed by atoms with Crippen molar-refractivity contribution in [2.24, 2.45) is 22.1 Å². The Labute approximate surface area is 352 Å². The van der Waals surface area contributed by atoms with Gasteiger partial charge < -0.3 is 28.8 Å². The van der Waals surface area contributed by atoms with Crippen molar-refractivity contribution in [1.82, 2.24) is 14.2 Å². The van der Waals surface area contributed by atoms with Gasteiger partial charge in [-0.05, 0) is 111 Å². The molecule has 1 saturated heterocycles. The average Bonchev–Trinajstić information content (AvgIpc) is 3.58. The first-order chi connectivity index (χ1) is 28.5. The molecule has 59 heavy (non-hydrogen) atoms. The molecule has 1 aromatic heterocycles. The van der Waals surface area contributed by atoms with Crippen LogP contribution >= 0.6 is 11.6 Å². The van der Waals surface area contributed by atoms with Gasteiger partial charge in [0, 0.05) is 67.2 Å². The summed E-state index contributed by atoms with van der Waals surface area (Å²) in [6, 6.07) is 13.3. The number of morpholine rings is 1. The van der Waals surface area contributed by atoms with E-state index < -0.39 is 33.1 Å². The maximum Gasteiger partial charge on any atom is 0.286 e. The fraction of sp³-hybridized carbons (Fsp3) is 0.556. The normalized spacial score (nSPS) is 32.9. The third-order valence-corrected chi connectivity index (χ3v) is 16.6. The number of carbonyl (C=O) groups excluding carboxylic acids is 2. The predicted octanol–water partition coefficient (Wildman–Crippen LogP) is 6.17. The Morgan fingerprint density at radius 3 is 2.76 bits per heavy atom. The molecule has 4 aliphatic heterocycles. The van der Waals surface area contributed by atoms with Crippen LogP contribution in [0, 0.1) is 17.8 Å². The van der Waals surface area contributed by atoms with E-state index >= 15 is 4.21 Å². The maximum absolute atomic E-state index is 15.1. The third kappa shape index (κ3) is 8.23. The fourth-order valence-electron chi connectivity index (χ4n) is 10.1. The van der Waals surface area contributed by atoms with Gasteiger partial charge in [0.05, 0.1) is 55.1 Å². The van der Waals surface area contributed by atoms with Crippen LogP contribution in [0.4, 0.5) is 5.69 Å². The number of amides is 2. The molecule has 1 unspecified atom stereocenters. The summed E-state index contributed by atoms with van der Waals surface area (Å²) in [4.78, 5) is 33.1. The number of aliphatic hydroxyl groups is 1. The van der Waals surface area contributed by atoms with E-state index in [4.69, 9.17) is 25.8 Å². The summed E-state index contributed by atoms with van der Waals surface area (Å²) in [6.07, 6.45) is 10.2. The first kappa shape index (κ1) is 40.7. The van der Waals surface area contributed by atoms with E-state index in [-0.39, 0.29) is 34.8 Å². The van der Waals surface area contributed by atoms with Crippen molar-refractivity contribution in [3.63, 3.8) is 0 Å². The number of aryl methyl sites for hydroxylation is 1. The molecule has 0 radical (unpaired) electrons. The van der Waals surface area contributed by atoms with Gasteiger partial charge in [0.25, 0.3) is 11.8 Å². The molecule has 2 aromatic carbocycles. The molecule has 2 bridgehead atoms. The molecule has 14 heteroatoms. The van der Waals surface area contributed by atoms with Gasteiger partial charge in [-0.3, -0.25) is 19.2 Å². The Morgan fingerprint density at radius 1 is 1.10 bits per heavy atom. The Hall–Kier alpha value is -3.72. The second-order valence-electron chi connectivity index (χ2n) is 17.7. The number of anilines is 1. The SMILES string of the molecule is C[C@@H]1[C@@H](C)C/C=C/[C@H](O)[C@@H]2CC[C@H]2CN2C[C@@]3(CCCc4cc(Cl)ccc43)COc3ccc(cc32)C(=O)N=S1(=O)NC(=O)c1cc2n(c1)C[C@H](CN1CCOCC1)OC2. The summed E-state index contributed by atoms with van der Waals surface area (Å²) in [5.74, 6) is -0.468. The second kappa shape index (κ2) is 16.6. The van der Waals surface area contributed by atoms with Crippen LogP contribution in [0.25, 0.3) is 0 Å². The van der Waals surface area contributed by atoms with Gasteiger partial charge in [-0.25, -0.2) is 4.21 Å². The molecule has 2 amide bonds. The zero-order valence-corrected chi connectivity index (χ0v) is 35.6. The molecule has 6 aliphatic rings. The molecule has 1 spiro atoms. The van der Waals surface area contributed by atoms with Crippen LogP contribution in [-0.2, 0) is 44.4 Å². The van der Waals surface area contributed by atoms with Crippen LogP contribution in [0.2, 0.25) is 5.02 Å². The van der Waals surface area contributed by atoms with Crippen molar-refractivity contribution in [3.8, 4) is 5.75 Å². The molecule has 3 aromatic rings. The smallest absolute Gasteiger partial charge is 0.286 e. The van der Waals surface area contributed by atoms with E-state index in [1.165, 1.54) is 11.1 Å². The van der Waals surface area contributed by atoms with Crippen molar-refractivity contribution < 1.29 is 33.1 Å². The number of halogens is 1. The van der Waals surface area contributed by atoms with Crippen molar-refractivity contribution in [1.29, 1.82) is 0 Å². The molecule has 2 N–H and O–H groups in total. The van der Waals surface area contributed by atoms with E-state index in [0.29, 0.717) is 63.8 Å². The minimum absolute atomic E-state index is 0.0333.